The summed E-state index contributed by atoms with van der Waals surface area (Å²) in [4.78, 5) is 6.19. The first kappa shape index (κ1) is 22.0. The van der Waals surface area contributed by atoms with Crippen LogP contribution in [0.3, 0.4) is 0 Å². The second kappa shape index (κ2) is 10.3. The maximum Gasteiger partial charge on any atom is 0.173 e. The van der Waals surface area contributed by atoms with Crippen LogP contribution in [0.1, 0.15) is 42.9 Å². The largest absolute Gasteiger partial charge is 0.345 e. The van der Waals surface area contributed by atoms with E-state index in [1.165, 1.54) is 17.2 Å². The number of aromatic nitrogens is 2. The molecule has 1 heterocycles. The summed E-state index contributed by atoms with van der Waals surface area (Å²) in [6.07, 6.45) is 6.45. The van der Waals surface area contributed by atoms with Crippen LogP contribution >= 0.6 is 12.2 Å². The summed E-state index contributed by atoms with van der Waals surface area (Å²) < 4.78 is 15.7. The van der Waals surface area contributed by atoms with Crippen molar-refractivity contribution in [3.05, 3.63) is 83.7 Å². The zero-order valence-corrected chi connectivity index (χ0v) is 18.6. The van der Waals surface area contributed by atoms with Crippen LogP contribution in [0.25, 0.3) is 0 Å². The van der Waals surface area contributed by atoms with Crippen molar-refractivity contribution in [2.24, 2.45) is 0 Å². The van der Waals surface area contributed by atoms with Crippen molar-refractivity contribution < 1.29 is 4.39 Å². The highest BCUT2D eigenvalue weighted by Crippen LogP contribution is 2.25. The molecule has 0 saturated heterocycles. The van der Waals surface area contributed by atoms with Crippen molar-refractivity contribution in [2.45, 2.75) is 46.2 Å². The van der Waals surface area contributed by atoms with Gasteiger partial charge in [0.1, 0.15) is 5.82 Å². The first-order chi connectivity index (χ1) is 14.4. The minimum absolute atomic E-state index is 0.231. The molecule has 0 aliphatic carbocycles. The summed E-state index contributed by atoms with van der Waals surface area (Å²) in [7, 11) is 0. The number of aryl methyl sites for hydroxylation is 1. The number of thiocarbonyl (C=S) groups is 1. The third-order valence-corrected chi connectivity index (χ3v) is 5.55. The van der Waals surface area contributed by atoms with Crippen molar-refractivity contribution in [1.82, 2.24) is 14.5 Å². The molecule has 0 unspecified atom stereocenters. The van der Waals surface area contributed by atoms with Crippen LogP contribution in [0.5, 0.6) is 0 Å². The quantitative estimate of drug-likeness (QED) is 0.467. The van der Waals surface area contributed by atoms with Gasteiger partial charge in [0.15, 0.2) is 5.11 Å². The van der Waals surface area contributed by atoms with Crippen LogP contribution in [0.15, 0.2) is 61.2 Å². The Morgan fingerprint density at radius 2 is 2.03 bits per heavy atom. The average molecular weight is 425 g/mol. The molecule has 0 spiro atoms. The minimum atomic E-state index is -0.231. The van der Waals surface area contributed by atoms with Gasteiger partial charge in [0.25, 0.3) is 0 Å². The molecule has 0 bridgehead atoms. The molecule has 0 fully saturated rings. The first-order valence-corrected chi connectivity index (χ1v) is 10.7. The van der Waals surface area contributed by atoms with Crippen LogP contribution in [0.2, 0.25) is 0 Å². The number of hydrogen-bond acceptors (Lipinski definition) is 2. The molecule has 6 heteroatoms. The Labute approximate surface area is 183 Å². The number of benzene rings is 2. The van der Waals surface area contributed by atoms with E-state index < -0.39 is 0 Å². The van der Waals surface area contributed by atoms with Gasteiger partial charge in [0.05, 0.1) is 6.33 Å². The first-order valence-electron chi connectivity index (χ1n) is 10.3. The normalized spacial score (nSPS) is 11.0. The predicted octanol–water partition coefficient (Wildman–Crippen LogP) is 5.74. The van der Waals surface area contributed by atoms with E-state index in [9.17, 15) is 4.39 Å². The molecule has 30 heavy (non-hydrogen) atoms. The second-order valence-electron chi connectivity index (χ2n) is 7.81. The lowest BCUT2D eigenvalue weighted by Gasteiger charge is -2.27. The smallest absolute Gasteiger partial charge is 0.173 e. The van der Waals surface area contributed by atoms with Crippen molar-refractivity contribution in [2.75, 3.05) is 11.9 Å². The number of halogens is 1. The van der Waals surface area contributed by atoms with Gasteiger partial charge in [0, 0.05) is 37.7 Å². The Hall–Kier alpha value is -2.73. The maximum atomic E-state index is 13.7. The van der Waals surface area contributed by atoms with E-state index in [1.807, 2.05) is 23.2 Å². The molecule has 4 nitrogen and oxygen atoms in total. The van der Waals surface area contributed by atoms with Crippen LogP contribution < -0.4 is 5.32 Å². The number of rotatable bonds is 8. The maximum absolute atomic E-state index is 13.7. The van der Waals surface area contributed by atoms with E-state index in [-0.39, 0.29) is 5.82 Å². The van der Waals surface area contributed by atoms with Gasteiger partial charge in [-0.1, -0.05) is 38.1 Å². The Balaban J connectivity index is 1.74. The molecule has 0 atom stereocenters. The number of hydrogen-bond donors (Lipinski definition) is 1. The highest BCUT2D eigenvalue weighted by molar-refractivity contribution is 7.80. The standard InChI is InChI=1S/C24H29FN4S/c1-18(2)22-9-5-10-23(19(22)3)27-24(30)29(13-6-12-28-14-11-26-17-28)16-20-7-4-8-21(25)15-20/h4-5,7-11,14-15,17-18H,6,12-13,16H2,1-3H3,(H,27,30). The number of nitrogens with one attached hydrogen (secondary N) is 1. The monoisotopic (exact) mass is 424 g/mol. The molecule has 2 aromatic carbocycles. The van der Waals surface area contributed by atoms with E-state index in [4.69, 9.17) is 12.2 Å². The molecule has 0 saturated carbocycles. The van der Waals surface area contributed by atoms with Gasteiger partial charge >= 0.3 is 0 Å². The SMILES string of the molecule is Cc1c(NC(=S)N(CCCn2ccnc2)Cc2cccc(F)c2)cccc1C(C)C. The Morgan fingerprint density at radius 1 is 1.23 bits per heavy atom. The molecule has 0 aliphatic rings. The van der Waals surface area contributed by atoms with E-state index >= 15 is 0 Å². The molecular weight excluding hydrogens is 395 g/mol. The zero-order valence-electron chi connectivity index (χ0n) is 17.8. The lowest BCUT2D eigenvalue weighted by atomic mass is 9.97. The Bertz CT molecular complexity index is 969. The van der Waals surface area contributed by atoms with E-state index in [0.29, 0.717) is 17.6 Å². The zero-order chi connectivity index (χ0) is 21.5. The van der Waals surface area contributed by atoms with E-state index in [1.54, 1.807) is 18.3 Å². The van der Waals surface area contributed by atoms with E-state index in [0.717, 1.165) is 30.8 Å². The van der Waals surface area contributed by atoms with Gasteiger partial charge in [0.2, 0.25) is 0 Å². The van der Waals surface area contributed by atoms with Gasteiger partial charge in [-0.3, -0.25) is 0 Å². The Kier molecular flexibility index (Phi) is 7.57. The average Bonchev–Trinajstić information content (AvgIpc) is 3.22. The molecule has 0 aliphatic heterocycles. The highest BCUT2D eigenvalue weighted by Gasteiger charge is 2.14. The van der Waals surface area contributed by atoms with Crippen LogP contribution in [0, 0.1) is 12.7 Å². The van der Waals surface area contributed by atoms with Gasteiger partial charge in [-0.25, -0.2) is 9.37 Å². The van der Waals surface area contributed by atoms with Crippen molar-refractivity contribution in [3.8, 4) is 0 Å². The van der Waals surface area contributed by atoms with Crippen LogP contribution in [0.4, 0.5) is 10.1 Å². The summed E-state index contributed by atoms with van der Waals surface area (Å²) in [5.74, 6) is 0.212. The molecule has 3 rings (SSSR count). The summed E-state index contributed by atoms with van der Waals surface area (Å²) in [5.41, 5.74) is 4.43. The fourth-order valence-corrected chi connectivity index (χ4v) is 3.85. The van der Waals surface area contributed by atoms with Crippen molar-refractivity contribution in [3.63, 3.8) is 0 Å². The molecular formula is C24H29FN4S. The minimum Gasteiger partial charge on any atom is -0.345 e. The van der Waals surface area contributed by atoms with Gasteiger partial charge in [-0.05, 0) is 66.4 Å². The van der Waals surface area contributed by atoms with Crippen LogP contribution in [-0.4, -0.2) is 26.1 Å². The number of anilines is 1. The highest BCUT2D eigenvalue weighted by atomic mass is 32.1. The topological polar surface area (TPSA) is 33.1 Å². The lowest BCUT2D eigenvalue weighted by molar-refractivity contribution is 0.395. The molecule has 3 aromatic rings. The van der Waals surface area contributed by atoms with Crippen molar-refractivity contribution in [1.29, 1.82) is 0 Å². The summed E-state index contributed by atoms with van der Waals surface area (Å²) >= 11 is 5.77. The number of nitrogens with zero attached hydrogens (tertiary/aromatic N) is 3. The number of imidazole rings is 1. The summed E-state index contributed by atoms with van der Waals surface area (Å²) in [5, 5.41) is 4.08. The van der Waals surface area contributed by atoms with Crippen molar-refractivity contribution >= 4 is 23.0 Å². The third kappa shape index (κ3) is 5.89. The second-order valence-corrected chi connectivity index (χ2v) is 8.20. The lowest BCUT2D eigenvalue weighted by Crippen LogP contribution is -2.35. The fourth-order valence-electron chi connectivity index (χ4n) is 3.58. The fraction of sp³-hybridized carbons (Fsp3) is 0.333. The van der Waals surface area contributed by atoms with Gasteiger partial charge in [-0.15, -0.1) is 0 Å². The van der Waals surface area contributed by atoms with E-state index in [2.05, 4.69) is 54.2 Å². The molecule has 1 aromatic heterocycles. The van der Waals surface area contributed by atoms with Crippen LogP contribution in [-0.2, 0) is 13.1 Å². The molecule has 158 valence electrons. The summed E-state index contributed by atoms with van der Waals surface area (Å²) in [6.45, 7) is 8.66. The molecule has 1 N–H and O–H groups in total. The Morgan fingerprint density at radius 3 is 2.73 bits per heavy atom. The molecule has 0 radical (unpaired) electrons. The van der Waals surface area contributed by atoms with Gasteiger partial charge in [-0.2, -0.15) is 0 Å². The third-order valence-electron chi connectivity index (χ3n) is 5.19. The van der Waals surface area contributed by atoms with Gasteiger partial charge < -0.3 is 14.8 Å². The summed E-state index contributed by atoms with van der Waals surface area (Å²) in [6, 6.07) is 13.0. The predicted molar refractivity (Wildman–Crippen MR) is 125 cm³/mol. The molecule has 0 amide bonds.